The number of carbonyl (C=O) groups is 2. The summed E-state index contributed by atoms with van der Waals surface area (Å²) in [7, 11) is -1.03. The lowest BCUT2D eigenvalue weighted by Crippen LogP contribution is -2.24. The maximum Gasteiger partial charge on any atom is 0.307 e. The Balaban J connectivity index is 2.76. The van der Waals surface area contributed by atoms with E-state index in [-0.39, 0.29) is 24.2 Å². The van der Waals surface area contributed by atoms with Crippen molar-refractivity contribution in [2.75, 3.05) is 20.0 Å². The minimum atomic E-state index is -3.74. The highest BCUT2D eigenvalue weighted by Crippen LogP contribution is 2.21. The van der Waals surface area contributed by atoms with Gasteiger partial charge in [0.1, 0.15) is 5.75 Å². The van der Waals surface area contributed by atoms with E-state index in [2.05, 4.69) is 4.74 Å². The molecule has 0 saturated carbocycles. The molecule has 0 aliphatic rings. The fourth-order valence-corrected chi connectivity index (χ4v) is 3.60. The third-order valence-corrected chi connectivity index (χ3v) is 5.18. The van der Waals surface area contributed by atoms with E-state index in [9.17, 15) is 23.1 Å². The lowest BCUT2D eigenvalue weighted by molar-refractivity contribution is -0.143. The molecule has 0 aromatic heterocycles. The summed E-state index contributed by atoms with van der Waals surface area (Å²) in [4.78, 5) is 22.3. The average molecular weight is 344 g/mol. The minimum absolute atomic E-state index is 0.0394. The van der Waals surface area contributed by atoms with Gasteiger partial charge in [-0.1, -0.05) is 0 Å². The SMILES string of the molecule is COC(=O)CCCC(CS(=O)(=O)c1ccc(OC)cc1)C(=O)O. The molecule has 0 spiro atoms. The molecule has 0 aliphatic heterocycles. The van der Waals surface area contributed by atoms with E-state index in [1.54, 1.807) is 0 Å². The number of hydrogen-bond acceptors (Lipinski definition) is 6. The van der Waals surface area contributed by atoms with Crippen LogP contribution in [0.2, 0.25) is 0 Å². The predicted octanol–water partition coefficient (Wildman–Crippen LogP) is 1.51. The minimum Gasteiger partial charge on any atom is -0.497 e. The Bertz CT molecular complexity index is 634. The summed E-state index contributed by atoms with van der Waals surface area (Å²) < 4.78 is 34.0. The fourth-order valence-electron chi connectivity index (χ4n) is 2.02. The zero-order valence-electron chi connectivity index (χ0n) is 13.0. The van der Waals surface area contributed by atoms with Crippen LogP contribution in [-0.4, -0.2) is 45.4 Å². The van der Waals surface area contributed by atoms with Crippen molar-refractivity contribution in [3.05, 3.63) is 24.3 Å². The molecule has 1 N–H and O–H groups in total. The second-order valence-electron chi connectivity index (χ2n) is 4.96. The first kappa shape index (κ1) is 19.0. The third kappa shape index (κ3) is 5.90. The first-order chi connectivity index (χ1) is 10.8. The predicted molar refractivity (Wildman–Crippen MR) is 82.0 cm³/mol. The average Bonchev–Trinajstić information content (AvgIpc) is 2.53. The van der Waals surface area contributed by atoms with Gasteiger partial charge in [-0.25, -0.2) is 8.42 Å². The standard InChI is InChI=1S/C15H20O7S/c1-21-12-6-8-13(9-7-12)23(19,20)10-11(15(17)18)4-3-5-14(16)22-2/h6-9,11H,3-5,10H2,1-2H3,(H,17,18). The van der Waals surface area contributed by atoms with Gasteiger partial charge < -0.3 is 14.6 Å². The van der Waals surface area contributed by atoms with Crippen LogP contribution in [-0.2, 0) is 24.2 Å². The molecule has 0 saturated heterocycles. The van der Waals surface area contributed by atoms with Gasteiger partial charge in [0.25, 0.3) is 0 Å². The van der Waals surface area contributed by atoms with Crippen LogP contribution in [0, 0.1) is 5.92 Å². The zero-order chi connectivity index (χ0) is 17.5. The number of rotatable bonds is 9. The molecular weight excluding hydrogens is 324 g/mol. The Hall–Kier alpha value is -2.09. The van der Waals surface area contributed by atoms with Crippen LogP contribution in [0.5, 0.6) is 5.75 Å². The quantitative estimate of drug-likeness (QED) is 0.677. The van der Waals surface area contributed by atoms with Crippen LogP contribution < -0.4 is 4.74 Å². The maximum absolute atomic E-state index is 12.3. The molecule has 0 heterocycles. The third-order valence-electron chi connectivity index (χ3n) is 3.35. The molecule has 0 aliphatic carbocycles. The highest BCUT2D eigenvalue weighted by molar-refractivity contribution is 7.91. The van der Waals surface area contributed by atoms with Crippen LogP contribution in [0.25, 0.3) is 0 Å². The number of esters is 1. The van der Waals surface area contributed by atoms with Gasteiger partial charge in [-0.15, -0.1) is 0 Å². The lowest BCUT2D eigenvalue weighted by Gasteiger charge is -2.13. The van der Waals surface area contributed by atoms with Gasteiger partial charge in [0.15, 0.2) is 9.84 Å². The van der Waals surface area contributed by atoms with Gasteiger partial charge >= 0.3 is 11.9 Å². The Morgan fingerprint density at radius 2 is 1.78 bits per heavy atom. The topological polar surface area (TPSA) is 107 Å². The van der Waals surface area contributed by atoms with Crippen molar-refractivity contribution < 1.29 is 32.6 Å². The molecule has 8 heteroatoms. The second-order valence-corrected chi connectivity index (χ2v) is 6.99. The highest BCUT2D eigenvalue weighted by atomic mass is 32.2. The van der Waals surface area contributed by atoms with Crippen molar-refractivity contribution in [1.29, 1.82) is 0 Å². The number of carboxylic acid groups (broad SMARTS) is 1. The van der Waals surface area contributed by atoms with Crippen LogP contribution in [0.3, 0.4) is 0 Å². The van der Waals surface area contributed by atoms with Crippen molar-refractivity contribution in [1.82, 2.24) is 0 Å². The van der Waals surface area contributed by atoms with Gasteiger partial charge in [0.2, 0.25) is 0 Å². The normalized spacial score (nSPS) is 12.4. The molecule has 0 fully saturated rings. The summed E-state index contributed by atoms with van der Waals surface area (Å²) in [5.74, 6) is -2.74. The summed E-state index contributed by atoms with van der Waals surface area (Å²) in [6.07, 6.45) is 0.393. The Kier molecular flexibility index (Phi) is 7.02. The summed E-state index contributed by atoms with van der Waals surface area (Å²) >= 11 is 0. The van der Waals surface area contributed by atoms with E-state index >= 15 is 0 Å². The molecule has 1 atom stereocenters. The molecule has 128 valence electrons. The Morgan fingerprint density at radius 1 is 1.17 bits per heavy atom. The smallest absolute Gasteiger partial charge is 0.307 e. The molecule has 0 radical (unpaired) electrons. The van der Waals surface area contributed by atoms with Crippen molar-refractivity contribution in [3.63, 3.8) is 0 Å². The van der Waals surface area contributed by atoms with E-state index < -0.39 is 33.4 Å². The van der Waals surface area contributed by atoms with Crippen LogP contribution in [0.1, 0.15) is 19.3 Å². The first-order valence-corrected chi connectivity index (χ1v) is 8.62. The molecule has 0 amide bonds. The van der Waals surface area contributed by atoms with E-state index in [0.717, 1.165) is 0 Å². The molecule has 23 heavy (non-hydrogen) atoms. The number of ether oxygens (including phenoxy) is 2. The zero-order valence-corrected chi connectivity index (χ0v) is 13.8. The van der Waals surface area contributed by atoms with Crippen molar-refractivity contribution in [2.45, 2.75) is 24.2 Å². The molecule has 0 bridgehead atoms. The van der Waals surface area contributed by atoms with Gasteiger partial charge in [-0.3, -0.25) is 9.59 Å². The number of benzene rings is 1. The summed E-state index contributed by atoms with van der Waals surface area (Å²) in [5.41, 5.74) is 0. The van der Waals surface area contributed by atoms with Gasteiger partial charge in [0, 0.05) is 6.42 Å². The Morgan fingerprint density at radius 3 is 2.26 bits per heavy atom. The summed E-state index contributed by atoms with van der Waals surface area (Å²) in [6.45, 7) is 0. The number of aliphatic carboxylic acids is 1. The van der Waals surface area contributed by atoms with E-state index in [4.69, 9.17) is 4.74 Å². The Labute approximate surface area is 135 Å². The highest BCUT2D eigenvalue weighted by Gasteiger charge is 2.26. The second kappa shape index (κ2) is 8.52. The molecular formula is C15H20O7S. The van der Waals surface area contributed by atoms with Crippen molar-refractivity contribution >= 4 is 21.8 Å². The monoisotopic (exact) mass is 344 g/mol. The molecule has 1 aromatic carbocycles. The number of carbonyl (C=O) groups excluding carboxylic acids is 1. The number of hydrogen-bond donors (Lipinski definition) is 1. The van der Waals surface area contributed by atoms with E-state index in [1.807, 2.05) is 0 Å². The first-order valence-electron chi connectivity index (χ1n) is 6.96. The molecule has 7 nitrogen and oxygen atoms in total. The largest absolute Gasteiger partial charge is 0.497 e. The number of methoxy groups -OCH3 is 2. The van der Waals surface area contributed by atoms with Gasteiger partial charge in [-0.2, -0.15) is 0 Å². The molecule has 1 aromatic rings. The van der Waals surface area contributed by atoms with Crippen molar-refractivity contribution in [3.8, 4) is 5.75 Å². The molecule has 1 unspecified atom stereocenters. The summed E-state index contributed by atoms with van der Waals surface area (Å²) in [6, 6.07) is 5.75. The lowest BCUT2D eigenvalue weighted by atomic mass is 10.0. The van der Waals surface area contributed by atoms with E-state index in [0.29, 0.717) is 5.75 Å². The fraction of sp³-hybridized carbons (Fsp3) is 0.467. The maximum atomic E-state index is 12.3. The number of sulfone groups is 1. The van der Waals surface area contributed by atoms with Crippen LogP contribution in [0.15, 0.2) is 29.2 Å². The van der Waals surface area contributed by atoms with Gasteiger partial charge in [0.05, 0.1) is 30.8 Å². The van der Waals surface area contributed by atoms with Gasteiger partial charge in [-0.05, 0) is 37.1 Å². The van der Waals surface area contributed by atoms with Crippen molar-refractivity contribution in [2.24, 2.45) is 5.92 Å². The molecule has 1 rings (SSSR count). The summed E-state index contributed by atoms with van der Waals surface area (Å²) in [5, 5.41) is 9.19. The van der Waals surface area contributed by atoms with Crippen LogP contribution >= 0.6 is 0 Å². The van der Waals surface area contributed by atoms with E-state index in [1.165, 1.54) is 38.5 Å². The number of carboxylic acids is 1. The van der Waals surface area contributed by atoms with Crippen LogP contribution in [0.4, 0.5) is 0 Å².